The van der Waals surface area contributed by atoms with Crippen LogP contribution in [0, 0.1) is 0 Å². The van der Waals surface area contributed by atoms with E-state index in [0.29, 0.717) is 6.42 Å². The van der Waals surface area contributed by atoms with E-state index in [0.717, 1.165) is 12.8 Å². The molecule has 1 amide bonds. The zero-order chi connectivity index (χ0) is 19.1. The smallest absolute Gasteiger partial charge is 0.217 e. The Morgan fingerprint density at radius 2 is 0.923 bits per heavy atom. The Bertz CT molecular complexity index is 311. The van der Waals surface area contributed by atoms with Crippen LogP contribution in [0.1, 0.15) is 135 Å². The van der Waals surface area contributed by atoms with Crippen LogP contribution in [0.15, 0.2) is 12.2 Å². The standard InChI is InChI=1S/C24H47NO/c1-2-3-4-5-6-7-8-9-10-11-12-13-14-15-16-17-18-19-20-21-22-23-24(25)26/h11-12H,2-10,13-23H2,1H3,(H2,25,26). The van der Waals surface area contributed by atoms with Crippen LogP contribution >= 0.6 is 0 Å². The SMILES string of the molecule is CCCCCCCCCCC=CCCCCCCCCCCCC(N)=O. The zero-order valence-corrected chi connectivity index (χ0v) is 17.8. The second-order valence-electron chi connectivity index (χ2n) is 7.92. The number of nitrogens with two attached hydrogens (primary N) is 1. The second kappa shape index (κ2) is 22.3. The molecule has 0 saturated carbocycles. The van der Waals surface area contributed by atoms with Gasteiger partial charge in [-0.25, -0.2) is 0 Å². The third-order valence-electron chi connectivity index (χ3n) is 5.18. The molecule has 0 aromatic carbocycles. The summed E-state index contributed by atoms with van der Waals surface area (Å²) in [6.07, 6.45) is 30.8. The highest BCUT2D eigenvalue weighted by atomic mass is 16.1. The first-order valence-corrected chi connectivity index (χ1v) is 11.7. The highest BCUT2D eigenvalue weighted by Gasteiger charge is 1.95. The molecule has 0 unspecified atom stereocenters. The van der Waals surface area contributed by atoms with Crippen molar-refractivity contribution in [3.8, 4) is 0 Å². The summed E-state index contributed by atoms with van der Waals surface area (Å²) < 4.78 is 0. The van der Waals surface area contributed by atoms with Gasteiger partial charge in [-0.1, -0.05) is 109 Å². The van der Waals surface area contributed by atoms with E-state index >= 15 is 0 Å². The maximum Gasteiger partial charge on any atom is 0.217 e. The summed E-state index contributed by atoms with van der Waals surface area (Å²) in [7, 11) is 0. The Hall–Kier alpha value is -0.790. The van der Waals surface area contributed by atoms with E-state index in [2.05, 4.69) is 19.1 Å². The fourth-order valence-electron chi connectivity index (χ4n) is 3.43. The van der Waals surface area contributed by atoms with Crippen molar-refractivity contribution in [3.05, 3.63) is 12.2 Å². The first kappa shape index (κ1) is 25.2. The summed E-state index contributed by atoms with van der Waals surface area (Å²) in [5.41, 5.74) is 5.13. The summed E-state index contributed by atoms with van der Waals surface area (Å²) >= 11 is 0. The van der Waals surface area contributed by atoms with Crippen LogP contribution in [-0.4, -0.2) is 5.91 Å². The zero-order valence-electron chi connectivity index (χ0n) is 17.8. The Labute approximate surface area is 164 Å². The Kier molecular flexibility index (Phi) is 21.6. The predicted octanol–water partition coefficient (Wildman–Crippen LogP) is 7.85. The molecule has 0 atom stereocenters. The Balaban J connectivity index is 3.07. The van der Waals surface area contributed by atoms with Crippen LogP contribution in [-0.2, 0) is 4.79 Å². The normalized spacial score (nSPS) is 11.4. The maximum absolute atomic E-state index is 10.6. The number of unbranched alkanes of at least 4 members (excludes halogenated alkanes) is 17. The van der Waals surface area contributed by atoms with Crippen molar-refractivity contribution >= 4 is 5.91 Å². The van der Waals surface area contributed by atoms with Crippen LogP contribution in [0.5, 0.6) is 0 Å². The van der Waals surface area contributed by atoms with Gasteiger partial charge in [-0.05, 0) is 32.1 Å². The van der Waals surface area contributed by atoms with Crippen molar-refractivity contribution in [3.63, 3.8) is 0 Å². The molecule has 0 heterocycles. The van der Waals surface area contributed by atoms with E-state index in [1.165, 1.54) is 109 Å². The van der Waals surface area contributed by atoms with E-state index in [1.807, 2.05) is 0 Å². The summed E-state index contributed by atoms with van der Waals surface area (Å²) in [6, 6.07) is 0. The van der Waals surface area contributed by atoms with E-state index in [-0.39, 0.29) is 5.91 Å². The van der Waals surface area contributed by atoms with Crippen molar-refractivity contribution in [2.45, 2.75) is 135 Å². The van der Waals surface area contributed by atoms with Gasteiger partial charge in [0, 0.05) is 6.42 Å². The van der Waals surface area contributed by atoms with Gasteiger partial charge >= 0.3 is 0 Å². The van der Waals surface area contributed by atoms with Crippen molar-refractivity contribution in [2.24, 2.45) is 5.73 Å². The van der Waals surface area contributed by atoms with Crippen LogP contribution < -0.4 is 5.73 Å². The summed E-state index contributed by atoms with van der Waals surface area (Å²) in [6.45, 7) is 2.28. The number of carbonyl (C=O) groups excluding carboxylic acids is 1. The average molecular weight is 366 g/mol. The van der Waals surface area contributed by atoms with Gasteiger partial charge in [0.1, 0.15) is 0 Å². The van der Waals surface area contributed by atoms with E-state index < -0.39 is 0 Å². The lowest BCUT2D eigenvalue weighted by atomic mass is 10.1. The first-order valence-electron chi connectivity index (χ1n) is 11.7. The van der Waals surface area contributed by atoms with Crippen LogP contribution in [0.25, 0.3) is 0 Å². The number of hydrogen-bond donors (Lipinski definition) is 1. The molecule has 0 spiro atoms. The van der Waals surface area contributed by atoms with Gasteiger partial charge in [0.15, 0.2) is 0 Å². The molecule has 0 aromatic heterocycles. The quantitative estimate of drug-likeness (QED) is 0.163. The van der Waals surface area contributed by atoms with E-state index in [1.54, 1.807) is 0 Å². The molecule has 2 N–H and O–H groups in total. The Morgan fingerprint density at radius 1 is 0.577 bits per heavy atom. The minimum atomic E-state index is -0.156. The van der Waals surface area contributed by atoms with E-state index in [4.69, 9.17) is 5.73 Å². The minimum absolute atomic E-state index is 0.156. The number of rotatable bonds is 21. The van der Waals surface area contributed by atoms with Gasteiger partial charge in [0.2, 0.25) is 5.91 Å². The summed E-state index contributed by atoms with van der Waals surface area (Å²) in [4.78, 5) is 10.6. The molecule has 0 rings (SSSR count). The molecule has 2 nitrogen and oxygen atoms in total. The average Bonchev–Trinajstić information content (AvgIpc) is 2.62. The van der Waals surface area contributed by atoms with Crippen LogP contribution in [0.2, 0.25) is 0 Å². The molecule has 0 saturated heterocycles. The lowest BCUT2D eigenvalue weighted by Gasteiger charge is -2.01. The fourth-order valence-corrected chi connectivity index (χ4v) is 3.43. The minimum Gasteiger partial charge on any atom is -0.370 e. The lowest BCUT2D eigenvalue weighted by Crippen LogP contribution is -2.09. The van der Waals surface area contributed by atoms with Gasteiger partial charge in [0.05, 0.1) is 0 Å². The van der Waals surface area contributed by atoms with Gasteiger partial charge in [-0.15, -0.1) is 0 Å². The molecular formula is C24H47NO. The number of carbonyl (C=O) groups is 1. The highest BCUT2D eigenvalue weighted by Crippen LogP contribution is 2.12. The van der Waals surface area contributed by atoms with Crippen molar-refractivity contribution in [2.75, 3.05) is 0 Å². The number of primary amides is 1. The molecule has 0 aromatic rings. The van der Waals surface area contributed by atoms with Crippen LogP contribution in [0.3, 0.4) is 0 Å². The number of allylic oxidation sites excluding steroid dienone is 2. The van der Waals surface area contributed by atoms with Crippen molar-refractivity contribution in [1.29, 1.82) is 0 Å². The molecule has 0 bridgehead atoms. The highest BCUT2D eigenvalue weighted by molar-refractivity contribution is 5.73. The molecule has 0 aliphatic heterocycles. The molecule has 0 aliphatic rings. The second-order valence-corrected chi connectivity index (χ2v) is 7.92. The van der Waals surface area contributed by atoms with E-state index in [9.17, 15) is 4.79 Å². The molecular weight excluding hydrogens is 318 g/mol. The van der Waals surface area contributed by atoms with Gasteiger partial charge in [-0.3, -0.25) is 4.79 Å². The van der Waals surface area contributed by atoms with Gasteiger partial charge in [0.25, 0.3) is 0 Å². The van der Waals surface area contributed by atoms with Gasteiger partial charge in [-0.2, -0.15) is 0 Å². The molecule has 0 radical (unpaired) electrons. The molecule has 26 heavy (non-hydrogen) atoms. The largest absolute Gasteiger partial charge is 0.370 e. The monoisotopic (exact) mass is 365 g/mol. The van der Waals surface area contributed by atoms with Crippen molar-refractivity contribution < 1.29 is 4.79 Å². The third-order valence-corrected chi connectivity index (χ3v) is 5.18. The summed E-state index contributed by atoms with van der Waals surface area (Å²) in [5, 5.41) is 0. The molecule has 2 heteroatoms. The lowest BCUT2D eigenvalue weighted by molar-refractivity contribution is -0.118. The fraction of sp³-hybridized carbons (Fsp3) is 0.875. The molecule has 154 valence electrons. The third kappa shape index (κ3) is 23.2. The molecule has 0 aliphatic carbocycles. The summed E-state index contributed by atoms with van der Waals surface area (Å²) in [5.74, 6) is -0.156. The maximum atomic E-state index is 10.6. The molecule has 0 fully saturated rings. The topological polar surface area (TPSA) is 43.1 Å². The first-order chi connectivity index (χ1) is 12.8. The van der Waals surface area contributed by atoms with Crippen molar-refractivity contribution in [1.82, 2.24) is 0 Å². The predicted molar refractivity (Wildman–Crippen MR) is 116 cm³/mol. The van der Waals surface area contributed by atoms with Crippen LogP contribution in [0.4, 0.5) is 0 Å². The number of hydrogen-bond acceptors (Lipinski definition) is 1. The Morgan fingerprint density at radius 3 is 1.31 bits per heavy atom. The number of amides is 1. The van der Waals surface area contributed by atoms with Gasteiger partial charge < -0.3 is 5.73 Å².